The maximum Gasteiger partial charge on any atom is 0.258 e. The van der Waals surface area contributed by atoms with E-state index in [-0.39, 0.29) is 30.1 Å². The minimum Gasteiger partial charge on any atom is -0.450 e. The van der Waals surface area contributed by atoms with Crippen LogP contribution in [0.3, 0.4) is 0 Å². The van der Waals surface area contributed by atoms with Crippen LogP contribution in [0.5, 0.6) is 0 Å². The molecule has 0 spiro atoms. The molecule has 1 amide bonds. The molecule has 1 N–H and O–H groups in total. The van der Waals surface area contributed by atoms with E-state index >= 15 is 0 Å². The standard InChI is InChI=1S/C17H15FN2O3/c1-10-15(7-14(8-19)23-10)17(22)20-9-13(21)6-16(20)11-2-4-12(18)5-3-11/h2-5,7,13,16,21H,6,9H2,1H3. The molecule has 3 rings (SSSR count). The van der Waals surface area contributed by atoms with Crippen molar-refractivity contribution in [2.24, 2.45) is 0 Å². The maximum atomic E-state index is 13.1. The first-order valence-corrected chi connectivity index (χ1v) is 7.24. The summed E-state index contributed by atoms with van der Waals surface area (Å²) >= 11 is 0. The van der Waals surface area contributed by atoms with Crippen molar-refractivity contribution in [3.63, 3.8) is 0 Å². The van der Waals surface area contributed by atoms with E-state index in [2.05, 4.69) is 0 Å². The fourth-order valence-corrected chi connectivity index (χ4v) is 2.94. The Bertz CT molecular complexity index is 776. The van der Waals surface area contributed by atoms with Crippen molar-refractivity contribution in [1.82, 2.24) is 4.90 Å². The minimum absolute atomic E-state index is 0.0731. The summed E-state index contributed by atoms with van der Waals surface area (Å²) in [5, 5.41) is 18.8. The van der Waals surface area contributed by atoms with Crippen LogP contribution in [0.4, 0.5) is 4.39 Å². The van der Waals surface area contributed by atoms with Crippen molar-refractivity contribution in [3.05, 3.63) is 58.8 Å². The van der Waals surface area contributed by atoms with Gasteiger partial charge >= 0.3 is 0 Å². The molecule has 1 aliphatic rings. The zero-order chi connectivity index (χ0) is 16.6. The van der Waals surface area contributed by atoms with Crippen LogP contribution in [-0.2, 0) is 0 Å². The second kappa shape index (κ2) is 5.86. The van der Waals surface area contributed by atoms with Gasteiger partial charge < -0.3 is 14.4 Å². The van der Waals surface area contributed by atoms with Gasteiger partial charge in [-0.05, 0) is 31.0 Å². The van der Waals surface area contributed by atoms with Crippen molar-refractivity contribution in [1.29, 1.82) is 5.26 Å². The van der Waals surface area contributed by atoms with Crippen LogP contribution in [0.2, 0.25) is 0 Å². The smallest absolute Gasteiger partial charge is 0.258 e. The maximum absolute atomic E-state index is 13.1. The number of rotatable bonds is 2. The van der Waals surface area contributed by atoms with Crippen molar-refractivity contribution >= 4 is 5.91 Å². The highest BCUT2D eigenvalue weighted by atomic mass is 19.1. The molecule has 0 saturated carbocycles. The molecule has 2 heterocycles. The molecule has 1 aliphatic heterocycles. The molecular weight excluding hydrogens is 299 g/mol. The van der Waals surface area contributed by atoms with Gasteiger partial charge in [-0.15, -0.1) is 0 Å². The Labute approximate surface area is 132 Å². The normalized spacial score (nSPS) is 20.5. The summed E-state index contributed by atoms with van der Waals surface area (Å²) in [4.78, 5) is 14.3. The monoisotopic (exact) mass is 314 g/mol. The van der Waals surface area contributed by atoms with Crippen molar-refractivity contribution < 1.29 is 18.7 Å². The van der Waals surface area contributed by atoms with Gasteiger partial charge in [0, 0.05) is 12.6 Å². The third-order valence-electron chi connectivity index (χ3n) is 4.05. The number of aliphatic hydroxyl groups is 1. The van der Waals surface area contributed by atoms with Crippen LogP contribution in [0.25, 0.3) is 0 Å². The Kier molecular flexibility index (Phi) is 3.89. The first-order valence-electron chi connectivity index (χ1n) is 7.24. The lowest BCUT2D eigenvalue weighted by molar-refractivity contribution is 0.0714. The number of halogens is 1. The van der Waals surface area contributed by atoms with Crippen LogP contribution >= 0.6 is 0 Å². The Balaban J connectivity index is 1.92. The van der Waals surface area contributed by atoms with Gasteiger partial charge in [0.2, 0.25) is 5.76 Å². The highest BCUT2D eigenvalue weighted by Crippen LogP contribution is 2.34. The predicted molar refractivity (Wildman–Crippen MR) is 79.0 cm³/mol. The number of carbonyl (C=O) groups is 1. The molecule has 2 aromatic rings. The van der Waals surface area contributed by atoms with Gasteiger partial charge in [0.25, 0.3) is 5.91 Å². The molecule has 2 unspecified atom stereocenters. The number of aliphatic hydroxyl groups excluding tert-OH is 1. The number of β-amino-alcohol motifs (C(OH)–C–C–N with tert-alkyl or cyclic N) is 1. The van der Waals surface area contributed by atoms with Gasteiger partial charge in [-0.1, -0.05) is 12.1 Å². The summed E-state index contributed by atoms with van der Waals surface area (Å²) in [6.45, 7) is 1.81. The highest BCUT2D eigenvalue weighted by molar-refractivity contribution is 5.96. The molecule has 1 fully saturated rings. The predicted octanol–water partition coefficient (Wildman–Crippen LogP) is 2.55. The van der Waals surface area contributed by atoms with E-state index in [9.17, 15) is 14.3 Å². The number of hydrogen-bond donors (Lipinski definition) is 1. The minimum atomic E-state index is -0.642. The van der Waals surface area contributed by atoms with Crippen molar-refractivity contribution in [3.8, 4) is 6.07 Å². The molecule has 1 aromatic heterocycles. The fourth-order valence-electron chi connectivity index (χ4n) is 2.94. The summed E-state index contributed by atoms with van der Waals surface area (Å²) in [6, 6.07) is 8.83. The first kappa shape index (κ1) is 15.3. The summed E-state index contributed by atoms with van der Waals surface area (Å²) in [7, 11) is 0. The SMILES string of the molecule is Cc1oc(C#N)cc1C(=O)N1CC(O)CC1c1ccc(F)cc1. The summed E-state index contributed by atoms with van der Waals surface area (Å²) in [5.41, 5.74) is 1.07. The first-order chi connectivity index (χ1) is 11.0. The van der Waals surface area contributed by atoms with Gasteiger partial charge in [0.1, 0.15) is 17.6 Å². The van der Waals surface area contributed by atoms with E-state index < -0.39 is 6.10 Å². The third kappa shape index (κ3) is 2.83. The number of nitrogens with zero attached hydrogens (tertiary/aromatic N) is 2. The number of benzene rings is 1. The molecule has 23 heavy (non-hydrogen) atoms. The number of carbonyl (C=O) groups excluding carboxylic acids is 1. The molecule has 6 heteroatoms. The Morgan fingerprint density at radius 3 is 2.74 bits per heavy atom. The van der Waals surface area contributed by atoms with Crippen LogP contribution < -0.4 is 0 Å². The zero-order valence-electron chi connectivity index (χ0n) is 12.5. The van der Waals surface area contributed by atoms with Crippen LogP contribution in [-0.4, -0.2) is 28.6 Å². The van der Waals surface area contributed by atoms with E-state index in [0.717, 1.165) is 5.56 Å². The number of nitriles is 1. The average Bonchev–Trinajstić information content (AvgIpc) is 3.10. The molecule has 1 saturated heterocycles. The summed E-state index contributed by atoms with van der Waals surface area (Å²) < 4.78 is 18.3. The second-order valence-electron chi connectivity index (χ2n) is 5.61. The van der Waals surface area contributed by atoms with Gasteiger partial charge in [-0.25, -0.2) is 4.39 Å². The van der Waals surface area contributed by atoms with Gasteiger partial charge in [-0.3, -0.25) is 4.79 Å². The molecular formula is C17H15FN2O3. The molecule has 0 aliphatic carbocycles. The van der Waals surface area contributed by atoms with E-state index in [4.69, 9.17) is 9.68 Å². The molecule has 2 atom stereocenters. The van der Waals surface area contributed by atoms with Crippen molar-refractivity contribution in [2.45, 2.75) is 25.5 Å². The number of amides is 1. The Hall–Kier alpha value is -2.65. The topological polar surface area (TPSA) is 77.5 Å². The third-order valence-corrected chi connectivity index (χ3v) is 4.05. The molecule has 1 aromatic carbocycles. The van der Waals surface area contributed by atoms with Gasteiger partial charge in [0.05, 0.1) is 17.7 Å². The largest absolute Gasteiger partial charge is 0.450 e. The average molecular weight is 314 g/mol. The van der Waals surface area contributed by atoms with Crippen LogP contribution in [0, 0.1) is 24.1 Å². The lowest BCUT2D eigenvalue weighted by Gasteiger charge is -2.24. The highest BCUT2D eigenvalue weighted by Gasteiger charge is 2.36. The Morgan fingerprint density at radius 1 is 1.43 bits per heavy atom. The van der Waals surface area contributed by atoms with E-state index in [1.165, 1.54) is 23.1 Å². The summed E-state index contributed by atoms with van der Waals surface area (Å²) in [5.74, 6) is -0.220. The summed E-state index contributed by atoms with van der Waals surface area (Å²) in [6.07, 6.45) is -0.254. The van der Waals surface area contributed by atoms with E-state index in [1.54, 1.807) is 19.1 Å². The van der Waals surface area contributed by atoms with Crippen molar-refractivity contribution in [2.75, 3.05) is 6.54 Å². The van der Waals surface area contributed by atoms with Crippen LogP contribution in [0.15, 0.2) is 34.7 Å². The zero-order valence-corrected chi connectivity index (χ0v) is 12.5. The van der Waals surface area contributed by atoms with Gasteiger partial charge in [-0.2, -0.15) is 5.26 Å². The lowest BCUT2D eigenvalue weighted by atomic mass is 10.0. The molecule has 5 nitrogen and oxygen atoms in total. The molecule has 118 valence electrons. The van der Waals surface area contributed by atoms with Gasteiger partial charge in [0.15, 0.2) is 0 Å². The fraction of sp³-hybridized carbons (Fsp3) is 0.294. The number of likely N-dealkylation sites (tertiary alicyclic amines) is 1. The van der Waals surface area contributed by atoms with Crippen LogP contribution in [0.1, 0.15) is 39.9 Å². The van der Waals surface area contributed by atoms with E-state index in [0.29, 0.717) is 17.7 Å². The molecule has 0 bridgehead atoms. The quantitative estimate of drug-likeness (QED) is 0.924. The Morgan fingerprint density at radius 2 is 2.13 bits per heavy atom. The van der Waals surface area contributed by atoms with E-state index in [1.807, 2.05) is 6.07 Å². The molecule has 0 radical (unpaired) electrons. The number of furan rings is 1. The number of aryl methyl sites for hydroxylation is 1. The number of hydrogen-bond acceptors (Lipinski definition) is 4. The lowest BCUT2D eigenvalue weighted by Crippen LogP contribution is -2.32. The second-order valence-corrected chi connectivity index (χ2v) is 5.61.